The minimum absolute atomic E-state index is 0.174. The van der Waals surface area contributed by atoms with Gasteiger partial charge in [-0.25, -0.2) is 0 Å². The quantitative estimate of drug-likeness (QED) is 0.406. The fourth-order valence-electron chi connectivity index (χ4n) is 3.13. The summed E-state index contributed by atoms with van der Waals surface area (Å²) in [6.45, 7) is 3.86. The van der Waals surface area contributed by atoms with Gasteiger partial charge >= 0.3 is 7.60 Å². The molecule has 0 aliphatic rings. The van der Waals surface area contributed by atoms with E-state index >= 15 is 0 Å². The molecule has 0 unspecified atom stereocenters. The van der Waals surface area contributed by atoms with Crippen molar-refractivity contribution >= 4 is 24.5 Å². The molecule has 2 aromatic carbocycles. The molecule has 3 aromatic rings. The standard InChI is InChI=1S/C22H26N3O4P/c1-5-28-30(27,29-6-2)22-19(16-12-14-18(15-13-16)25(3)4)20(23-24-22)21(26)17-10-8-7-9-11-17/h7-15H,5-6H2,1-4H3,(H,23,24). The molecule has 0 bridgehead atoms. The van der Waals surface area contributed by atoms with Gasteiger partial charge in [-0.1, -0.05) is 42.5 Å². The monoisotopic (exact) mass is 427 g/mol. The maximum Gasteiger partial charge on any atom is 0.379 e. The van der Waals surface area contributed by atoms with E-state index < -0.39 is 7.60 Å². The van der Waals surface area contributed by atoms with E-state index in [0.29, 0.717) is 16.7 Å². The summed E-state index contributed by atoms with van der Waals surface area (Å²) in [7, 11) is 0.194. The van der Waals surface area contributed by atoms with Crippen molar-refractivity contribution in [3.8, 4) is 11.1 Å². The summed E-state index contributed by atoms with van der Waals surface area (Å²) in [4.78, 5) is 15.2. The number of H-pyrrole nitrogens is 1. The van der Waals surface area contributed by atoms with Gasteiger partial charge in [-0.15, -0.1) is 0 Å². The first-order chi connectivity index (χ1) is 14.4. The molecular formula is C22H26N3O4P. The van der Waals surface area contributed by atoms with E-state index in [1.54, 1.807) is 38.1 Å². The number of nitrogens with one attached hydrogen (secondary N) is 1. The molecule has 1 N–H and O–H groups in total. The minimum atomic E-state index is -3.70. The van der Waals surface area contributed by atoms with Crippen molar-refractivity contribution in [3.05, 3.63) is 65.9 Å². The smallest absolute Gasteiger partial charge is 0.378 e. The number of benzene rings is 2. The van der Waals surface area contributed by atoms with Crippen LogP contribution in [0.4, 0.5) is 5.69 Å². The van der Waals surface area contributed by atoms with Crippen LogP contribution in [0.1, 0.15) is 29.9 Å². The summed E-state index contributed by atoms with van der Waals surface area (Å²) in [6.07, 6.45) is 0. The van der Waals surface area contributed by atoms with Crippen molar-refractivity contribution in [2.75, 3.05) is 32.2 Å². The maximum atomic E-state index is 13.5. The number of nitrogens with zero attached hydrogens (tertiary/aromatic N) is 2. The first-order valence-electron chi connectivity index (χ1n) is 9.76. The second kappa shape index (κ2) is 9.39. The molecule has 0 saturated carbocycles. The fourth-order valence-corrected chi connectivity index (χ4v) is 4.82. The zero-order chi connectivity index (χ0) is 21.7. The van der Waals surface area contributed by atoms with Crippen LogP contribution in [0, 0.1) is 0 Å². The van der Waals surface area contributed by atoms with Crippen LogP contribution >= 0.6 is 7.60 Å². The Labute approximate surface area is 176 Å². The van der Waals surface area contributed by atoms with Gasteiger partial charge in [0.2, 0.25) is 5.78 Å². The van der Waals surface area contributed by atoms with Crippen molar-refractivity contribution in [2.24, 2.45) is 0 Å². The summed E-state index contributed by atoms with van der Waals surface area (Å²) < 4.78 is 24.6. The molecule has 0 atom stereocenters. The van der Waals surface area contributed by atoms with E-state index in [-0.39, 0.29) is 30.1 Å². The summed E-state index contributed by atoms with van der Waals surface area (Å²) >= 11 is 0. The average Bonchev–Trinajstić information content (AvgIpc) is 3.20. The third-order valence-corrected chi connectivity index (χ3v) is 6.61. The number of ketones is 1. The van der Waals surface area contributed by atoms with E-state index in [4.69, 9.17) is 9.05 Å². The number of hydrogen-bond donors (Lipinski definition) is 1. The molecule has 8 heteroatoms. The Morgan fingerprint density at radius 1 is 1.00 bits per heavy atom. The number of aromatic nitrogens is 2. The van der Waals surface area contributed by atoms with Gasteiger partial charge < -0.3 is 13.9 Å². The molecule has 0 spiro atoms. The van der Waals surface area contributed by atoms with Crippen LogP contribution < -0.4 is 10.3 Å². The highest BCUT2D eigenvalue weighted by Crippen LogP contribution is 2.49. The van der Waals surface area contributed by atoms with Crippen LogP contribution in [0.2, 0.25) is 0 Å². The van der Waals surface area contributed by atoms with Crippen LogP contribution in [0.25, 0.3) is 11.1 Å². The van der Waals surface area contributed by atoms with Gasteiger partial charge in [0.25, 0.3) is 0 Å². The zero-order valence-corrected chi connectivity index (χ0v) is 18.5. The summed E-state index contributed by atoms with van der Waals surface area (Å²) in [5, 5.41) is 7.02. The molecular weight excluding hydrogens is 401 g/mol. The van der Waals surface area contributed by atoms with Crippen LogP contribution in [0.3, 0.4) is 0 Å². The van der Waals surface area contributed by atoms with Crippen molar-refractivity contribution in [1.82, 2.24) is 10.2 Å². The molecule has 0 fully saturated rings. The number of carbonyl (C=O) groups excluding carboxylic acids is 1. The average molecular weight is 427 g/mol. The van der Waals surface area contributed by atoms with E-state index in [1.165, 1.54) is 0 Å². The van der Waals surface area contributed by atoms with Gasteiger partial charge in [-0.3, -0.25) is 14.5 Å². The Morgan fingerprint density at radius 3 is 2.13 bits per heavy atom. The fraction of sp³-hybridized carbons (Fsp3) is 0.273. The van der Waals surface area contributed by atoms with Crippen molar-refractivity contribution in [3.63, 3.8) is 0 Å². The first kappa shape index (κ1) is 22.0. The lowest BCUT2D eigenvalue weighted by molar-refractivity contribution is 0.103. The maximum absolute atomic E-state index is 13.5. The zero-order valence-electron chi connectivity index (χ0n) is 17.6. The largest absolute Gasteiger partial charge is 0.379 e. The Morgan fingerprint density at radius 2 is 1.60 bits per heavy atom. The van der Waals surface area contributed by atoms with Gasteiger partial charge in [0.1, 0.15) is 5.69 Å². The number of carbonyl (C=O) groups is 1. The Bertz CT molecular complexity index is 1040. The van der Waals surface area contributed by atoms with E-state index in [0.717, 1.165) is 5.69 Å². The topological polar surface area (TPSA) is 84.5 Å². The highest BCUT2D eigenvalue weighted by molar-refractivity contribution is 7.62. The van der Waals surface area contributed by atoms with Gasteiger partial charge in [-0.05, 0) is 31.5 Å². The lowest BCUT2D eigenvalue weighted by atomic mass is 10.0. The van der Waals surface area contributed by atoms with Crippen LogP contribution in [-0.2, 0) is 13.6 Å². The highest BCUT2D eigenvalue weighted by Gasteiger charge is 2.36. The second-order valence-corrected chi connectivity index (χ2v) is 8.72. The van der Waals surface area contributed by atoms with Crippen molar-refractivity contribution in [2.45, 2.75) is 13.8 Å². The lowest BCUT2D eigenvalue weighted by Gasteiger charge is -2.18. The molecule has 0 saturated heterocycles. The van der Waals surface area contributed by atoms with Crippen molar-refractivity contribution in [1.29, 1.82) is 0 Å². The Kier molecular flexibility index (Phi) is 6.87. The molecule has 30 heavy (non-hydrogen) atoms. The number of hydrogen-bond acceptors (Lipinski definition) is 6. The van der Waals surface area contributed by atoms with Crippen molar-refractivity contribution < 1.29 is 18.4 Å². The third kappa shape index (κ3) is 4.38. The third-order valence-electron chi connectivity index (χ3n) is 4.54. The predicted molar refractivity (Wildman–Crippen MR) is 119 cm³/mol. The normalized spacial score (nSPS) is 11.5. The number of rotatable bonds is 9. The van der Waals surface area contributed by atoms with E-state index in [9.17, 15) is 9.36 Å². The predicted octanol–water partition coefficient (Wildman–Crippen LogP) is 4.27. The van der Waals surface area contributed by atoms with E-state index in [2.05, 4.69) is 10.2 Å². The molecule has 0 aliphatic heterocycles. The summed E-state index contributed by atoms with van der Waals surface area (Å²) in [5.74, 6) is -0.274. The molecule has 0 amide bonds. The minimum Gasteiger partial charge on any atom is -0.378 e. The molecule has 158 valence electrons. The van der Waals surface area contributed by atoms with Crippen LogP contribution in [0.5, 0.6) is 0 Å². The highest BCUT2D eigenvalue weighted by atomic mass is 31.2. The number of anilines is 1. The Hall–Kier alpha value is -2.73. The first-order valence-corrected chi connectivity index (χ1v) is 11.3. The van der Waals surface area contributed by atoms with E-state index in [1.807, 2.05) is 49.3 Å². The molecule has 0 aliphatic carbocycles. The molecule has 1 heterocycles. The van der Waals surface area contributed by atoms with Gasteiger partial charge in [0.05, 0.1) is 13.2 Å². The lowest BCUT2D eigenvalue weighted by Crippen LogP contribution is -2.15. The van der Waals surface area contributed by atoms with Gasteiger partial charge in [0, 0.05) is 30.9 Å². The second-order valence-electron chi connectivity index (χ2n) is 6.77. The van der Waals surface area contributed by atoms with Gasteiger partial charge in [-0.2, -0.15) is 5.10 Å². The van der Waals surface area contributed by atoms with Crippen LogP contribution in [0.15, 0.2) is 54.6 Å². The molecule has 1 aromatic heterocycles. The summed E-state index contributed by atoms with van der Waals surface area (Å²) in [6, 6.07) is 16.5. The Balaban J connectivity index is 2.20. The molecule has 3 rings (SSSR count). The van der Waals surface area contributed by atoms with Gasteiger partial charge in [0.15, 0.2) is 5.44 Å². The summed E-state index contributed by atoms with van der Waals surface area (Å²) in [5.41, 5.74) is 2.97. The van der Waals surface area contributed by atoms with Crippen LogP contribution in [-0.4, -0.2) is 43.3 Å². The molecule has 0 radical (unpaired) electrons. The molecule has 7 nitrogen and oxygen atoms in total. The number of aromatic amines is 1. The SMILES string of the molecule is CCOP(=O)(OCC)c1[nH]nc(C(=O)c2ccccc2)c1-c1ccc(N(C)C)cc1.